The molecule has 3 nitrogen and oxygen atoms in total. The topological polar surface area (TPSA) is 37.4 Å². The molecule has 0 spiro atoms. The number of alkyl halides is 1. The van der Waals surface area contributed by atoms with E-state index in [1.807, 2.05) is 25.1 Å². The molecule has 0 aliphatic heterocycles. The third-order valence-electron chi connectivity index (χ3n) is 3.05. The van der Waals surface area contributed by atoms with Crippen LogP contribution in [0.2, 0.25) is 0 Å². The Labute approximate surface area is 138 Å². The Morgan fingerprint density at radius 1 is 1.14 bits per heavy atom. The minimum atomic E-state index is -3.62. The summed E-state index contributed by atoms with van der Waals surface area (Å²) in [5, 5.41) is 0. The van der Waals surface area contributed by atoms with Crippen molar-refractivity contribution in [1.82, 2.24) is 0 Å². The smallest absolute Gasteiger partial charge is 0.265 e. The molecule has 0 amide bonds. The highest BCUT2D eigenvalue weighted by Crippen LogP contribution is 2.29. The second-order valence-electron chi connectivity index (χ2n) is 4.40. The molecular weight excluding hydrogens is 374 g/mol. The van der Waals surface area contributed by atoms with Crippen LogP contribution in [0, 0.1) is 0 Å². The fourth-order valence-electron chi connectivity index (χ4n) is 2.04. The molecular formula is C15H15BrClNO2S. The number of hydrogen-bond donors (Lipinski definition) is 0. The van der Waals surface area contributed by atoms with Crippen LogP contribution >= 0.6 is 27.5 Å². The van der Waals surface area contributed by atoms with Crippen LogP contribution in [0.5, 0.6) is 0 Å². The van der Waals surface area contributed by atoms with Gasteiger partial charge in [-0.2, -0.15) is 0 Å². The largest absolute Gasteiger partial charge is 0.267 e. The summed E-state index contributed by atoms with van der Waals surface area (Å²) in [4.78, 5) is 0.238. The maximum Gasteiger partial charge on any atom is 0.265 e. The van der Waals surface area contributed by atoms with Crippen molar-refractivity contribution in [2.45, 2.75) is 17.7 Å². The van der Waals surface area contributed by atoms with E-state index in [1.54, 1.807) is 30.3 Å². The van der Waals surface area contributed by atoms with Gasteiger partial charge in [0.15, 0.2) is 0 Å². The van der Waals surface area contributed by atoms with E-state index in [9.17, 15) is 8.42 Å². The molecule has 0 fully saturated rings. The van der Waals surface area contributed by atoms with E-state index in [4.69, 9.17) is 11.6 Å². The normalized spacial score (nSPS) is 11.4. The van der Waals surface area contributed by atoms with Gasteiger partial charge in [0.05, 0.1) is 5.69 Å². The number of halogens is 2. The van der Waals surface area contributed by atoms with E-state index < -0.39 is 10.0 Å². The molecule has 0 bridgehead atoms. The number of para-hydroxylation sites is 1. The van der Waals surface area contributed by atoms with E-state index in [2.05, 4.69) is 15.9 Å². The molecule has 0 aromatic heterocycles. The molecule has 0 N–H and O–H groups in total. The van der Waals surface area contributed by atoms with Gasteiger partial charge in [0.2, 0.25) is 0 Å². The van der Waals surface area contributed by atoms with Crippen LogP contribution in [0.25, 0.3) is 0 Å². The molecule has 0 unspecified atom stereocenters. The summed E-state index contributed by atoms with van der Waals surface area (Å²) in [6, 6.07) is 14.1. The van der Waals surface area contributed by atoms with E-state index in [0.717, 1.165) is 5.56 Å². The zero-order chi connectivity index (χ0) is 15.5. The molecule has 2 aromatic carbocycles. The monoisotopic (exact) mass is 387 g/mol. The summed E-state index contributed by atoms with van der Waals surface area (Å²) < 4.78 is 27.6. The van der Waals surface area contributed by atoms with Crippen LogP contribution in [0.4, 0.5) is 5.69 Å². The summed E-state index contributed by atoms with van der Waals surface area (Å²) in [6.07, 6.45) is 0. The summed E-state index contributed by atoms with van der Waals surface area (Å²) >= 11 is 9.10. The van der Waals surface area contributed by atoms with Crippen molar-refractivity contribution in [2.75, 3.05) is 10.8 Å². The molecule has 0 saturated carbocycles. The molecule has 0 radical (unpaired) electrons. The minimum Gasteiger partial charge on any atom is -0.267 e. The molecule has 2 aromatic rings. The van der Waals surface area contributed by atoms with Gasteiger partial charge in [0, 0.05) is 16.9 Å². The third-order valence-corrected chi connectivity index (χ3v) is 6.24. The fourth-order valence-corrected chi connectivity index (χ4v) is 4.77. The van der Waals surface area contributed by atoms with Gasteiger partial charge in [-0.25, -0.2) is 8.42 Å². The minimum absolute atomic E-state index is 0.238. The van der Waals surface area contributed by atoms with Gasteiger partial charge in [0.25, 0.3) is 10.0 Å². The lowest BCUT2D eigenvalue weighted by Gasteiger charge is -2.23. The van der Waals surface area contributed by atoms with Crippen molar-refractivity contribution in [1.29, 1.82) is 0 Å². The second-order valence-corrected chi connectivity index (χ2v) is 7.36. The number of hydrogen-bond acceptors (Lipinski definition) is 2. The maximum atomic E-state index is 12.8. The molecule has 0 aliphatic carbocycles. The summed E-state index contributed by atoms with van der Waals surface area (Å²) in [5.41, 5.74) is 1.51. The first-order valence-corrected chi connectivity index (χ1v) is 9.19. The quantitative estimate of drug-likeness (QED) is 0.712. The Bertz CT molecular complexity index is 720. The van der Waals surface area contributed by atoms with Crippen LogP contribution in [-0.2, 0) is 15.9 Å². The first-order chi connectivity index (χ1) is 10.0. The highest BCUT2D eigenvalue weighted by atomic mass is 79.9. The number of rotatable bonds is 5. The number of sulfonamides is 1. The first-order valence-electron chi connectivity index (χ1n) is 6.43. The molecule has 0 saturated heterocycles. The van der Waals surface area contributed by atoms with Crippen molar-refractivity contribution >= 4 is 43.2 Å². The van der Waals surface area contributed by atoms with Gasteiger partial charge < -0.3 is 0 Å². The summed E-state index contributed by atoms with van der Waals surface area (Å²) in [7, 11) is -3.62. The van der Waals surface area contributed by atoms with E-state index >= 15 is 0 Å². The maximum absolute atomic E-state index is 12.8. The number of benzene rings is 2. The highest BCUT2D eigenvalue weighted by Gasteiger charge is 2.25. The second kappa shape index (κ2) is 6.81. The van der Waals surface area contributed by atoms with Crippen LogP contribution in [0.3, 0.4) is 0 Å². The van der Waals surface area contributed by atoms with Crippen molar-refractivity contribution in [3.63, 3.8) is 0 Å². The van der Waals surface area contributed by atoms with E-state index in [1.165, 1.54) is 4.31 Å². The van der Waals surface area contributed by atoms with Crippen molar-refractivity contribution < 1.29 is 8.42 Å². The third kappa shape index (κ3) is 3.42. The molecule has 112 valence electrons. The van der Waals surface area contributed by atoms with Crippen LogP contribution in [0.1, 0.15) is 12.5 Å². The Morgan fingerprint density at radius 3 is 2.33 bits per heavy atom. The lowest BCUT2D eigenvalue weighted by atomic mass is 10.2. The van der Waals surface area contributed by atoms with Gasteiger partial charge in [0.1, 0.15) is 4.90 Å². The molecule has 6 heteroatoms. The molecule has 21 heavy (non-hydrogen) atoms. The zero-order valence-corrected chi connectivity index (χ0v) is 14.6. The van der Waals surface area contributed by atoms with Gasteiger partial charge >= 0.3 is 0 Å². The highest BCUT2D eigenvalue weighted by molar-refractivity contribution is 9.10. The first kappa shape index (κ1) is 16.3. The molecule has 0 atom stereocenters. The lowest BCUT2D eigenvalue weighted by Crippen LogP contribution is -2.31. The Morgan fingerprint density at radius 2 is 1.81 bits per heavy atom. The Balaban J connectivity index is 2.50. The Hall–Kier alpha value is -1.04. The average molecular weight is 389 g/mol. The predicted octanol–water partition coefficient (Wildman–Crippen LogP) is 4.40. The average Bonchev–Trinajstić information content (AvgIpc) is 2.48. The molecule has 2 rings (SSSR count). The van der Waals surface area contributed by atoms with Gasteiger partial charge in [-0.3, -0.25) is 4.31 Å². The van der Waals surface area contributed by atoms with Crippen molar-refractivity contribution in [3.05, 3.63) is 58.6 Å². The Kier molecular flexibility index (Phi) is 5.30. The van der Waals surface area contributed by atoms with Gasteiger partial charge in [-0.1, -0.05) is 24.3 Å². The SMILES string of the molecule is CCN(c1ccccc1)S(=O)(=O)c1ccc(CCl)cc1Br. The summed E-state index contributed by atoms with van der Waals surface area (Å²) in [6.45, 7) is 2.17. The van der Waals surface area contributed by atoms with Crippen LogP contribution in [-0.4, -0.2) is 15.0 Å². The number of anilines is 1. The van der Waals surface area contributed by atoms with Gasteiger partial charge in [-0.15, -0.1) is 11.6 Å². The van der Waals surface area contributed by atoms with Crippen molar-refractivity contribution in [2.24, 2.45) is 0 Å². The van der Waals surface area contributed by atoms with E-state index in [0.29, 0.717) is 22.6 Å². The van der Waals surface area contributed by atoms with Crippen LogP contribution in [0.15, 0.2) is 57.9 Å². The van der Waals surface area contributed by atoms with Crippen LogP contribution < -0.4 is 4.31 Å². The summed E-state index contributed by atoms with van der Waals surface area (Å²) in [5.74, 6) is 0.342. The van der Waals surface area contributed by atoms with E-state index in [-0.39, 0.29) is 4.90 Å². The molecule has 0 heterocycles. The lowest BCUT2D eigenvalue weighted by molar-refractivity contribution is 0.591. The fraction of sp³-hybridized carbons (Fsp3) is 0.200. The zero-order valence-electron chi connectivity index (χ0n) is 11.5. The predicted molar refractivity (Wildman–Crippen MR) is 90.3 cm³/mol. The van der Waals surface area contributed by atoms with Gasteiger partial charge in [-0.05, 0) is 52.7 Å². The van der Waals surface area contributed by atoms with Crippen molar-refractivity contribution in [3.8, 4) is 0 Å². The molecule has 0 aliphatic rings. The number of nitrogens with zero attached hydrogens (tertiary/aromatic N) is 1. The standard InChI is InChI=1S/C15H15BrClNO2S/c1-2-18(13-6-4-3-5-7-13)21(19,20)15-9-8-12(11-17)10-14(15)16/h3-10H,2,11H2,1H3.